The van der Waals surface area contributed by atoms with Crippen molar-refractivity contribution in [3.8, 4) is 16.9 Å². The number of hydrogen-bond acceptors (Lipinski definition) is 5. The number of aromatic nitrogens is 3. The van der Waals surface area contributed by atoms with Crippen molar-refractivity contribution in [2.24, 2.45) is 0 Å². The van der Waals surface area contributed by atoms with Crippen LogP contribution in [-0.2, 0) is 4.79 Å². The summed E-state index contributed by atoms with van der Waals surface area (Å²) < 4.78 is 18.9. The monoisotopic (exact) mass is 367 g/mol. The minimum atomic E-state index is -0.471. The first-order valence-corrected chi connectivity index (χ1v) is 8.53. The summed E-state index contributed by atoms with van der Waals surface area (Å²) in [5, 5.41) is 9.77. The highest BCUT2D eigenvalue weighted by atomic mass is 19.1. The Kier molecular flexibility index (Phi) is 4.45. The van der Waals surface area contributed by atoms with E-state index in [0.29, 0.717) is 24.5 Å². The molecular formula is C19H18FN5O2. The zero-order valence-corrected chi connectivity index (χ0v) is 14.6. The molecule has 0 aliphatic carbocycles. The second-order valence-corrected chi connectivity index (χ2v) is 6.19. The van der Waals surface area contributed by atoms with Crippen molar-refractivity contribution in [3.63, 3.8) is 0 Å². The summed E-state index contributed by atoms with van der Waals surface area (Å²) in [4.78, 5) is 18.8. The molecule has 1 aliphatic rings. The molecule has 0 spiro atoms. The van der Waals surface area contributed by atoms with Gasteiger partial charge in [-0.1, -0.05) is 6.07 Å². The molecular weight excluding hydrogens is 349 g/mol. The fourth-order valence-corrected chi connectivity index (χ4v) is 3.18. The smallest absolute Gasteiger partial charge is 0.250 e. The van der Waals surface area contributed by atoms with Gasteiger partial charge in [-0.05, 0) is 30.7 Å². The Hall–Kier alpha value is -3.42. The van der Waals surface area contributed by atoms with E-state index >= 15 is 0 Å². The topological polar surface area (TPSA) is 83.1 Å². The number of benzene rings is 1. The van der Waals surface area contributed by atoms with Gasteiger partial charge in [0, 0.05) is 30.1 Å². The first-order chi connectivity index (χ1) is 13.2. The normalized spacial score (nSPS) is 16.6. The number of ether oxygens (including phenoxy) is 1. The zero-order chi connectivity index (χ0) is 18.8. The average Bonchev–Trinajstić information content (AvgIpc) is 3.33. The molecule has 4 rings (SSSR count). The van der Waals surface area contributed by atoms with Gasteiger partial charge in [-0.2, -0.15) is 5.10 Å². The molecule has 1 atom stereocenters. The predicted octanol–water partition coefficient (Wildman–Crippen LogP) is 2.84. The number of carbonyl (C=O) groups is 1. The molecule has 1 amide bonds. The van der Waals surface area contributed by atoms with Crippen LogP contribution in [0.3, 0.4) is 0 Å². The maximum absolute atomic E-state index is 13.8. The number of amides is 1. The molecule has 1 aromatic carbocycles. The average molecular weight is 367 g/mol. The first-order valence-electron chi connectivity index (χ1n) is 8.53. The molecule has 0 radical (unpaired) electrons. The number of carbonyl (C=O) groups excluding carboxylic acids is 1. The fourth-order valence-electron chi connectivity index (χ4n) is 3.18. The molecule has 2 aromatic heterocycles. The molecule has 8 heteroatoms. The number of hydrogen-bond donors (Lipinski definition) is 2. The van der Waals surface area contributed by atoms with E-state index in [0.717, 1.165) is 11.1 Å². The second-order valence-electron chi connectivity index (χ2n) is 6.19. The van der Waals surface area contributed by atoms with Crippen LogP contribution in [0.15, 0.2) is 48.9 Å². The van der Waals surface area contributed by atoms with E-state index in [4.69, 9.17) is 4.74 Å². The molecule has 2 N–H and O–H groups in total. The molecule has 3 aromatic rings. The predicted molar refractivity (Wildman–Crippen MR) is 99.2 cm³/mol. The summed E-state index contributed by atoms with van der Waals surface area (Å²) in [6.45, 7) is 0.534. The molecule has 27 heavy (non-hydrogen) atoms. The lowest BCUT2D eigenvalue weighted by Gasteiger charge is -2.18. The Labute approximate surface area is 155 Å². The third-order valence-corrected chi connectivity index (χ3v) is 4.56. The lowest BCUT2D eigenvalue weighted by Crippen LogP contribution is -2.34. The molecule has 0 saturated carbocycles. The number of anilines is 2. The lowest BCUT2D eigenvalue weighted by atomic mass is 10.2. The quantitative estimate of drug-likeness (QED) is 0.725. The highest BCUT2D eigenvalue weighted by molar-refractivity contribution is 6.00. The number of H-pyrrole nitrogens is 1. The maximum Gasteiger partial charge on any atom is 0.250 e. The van der Waals surface area contributed by atoms with Gasteiger partial charge in [0.25, 0.3) is 5.91 Å². The summed E-state index contributed by atoms with van der Waals surface area (Å²) >= 11 is 0. The van der Waals surface area contributed by atoms with Crippen LogP contribution in [0, 0.1) is 5.82 Å². The van der Waals surface area contributed by atoms with Gasteiger partial charge < -0.3 is 10.1 Å². The molecule has 1 saturated heterocycles. The summed E-state index contributed by atoms with van der Waals surface area (Å²) in [6.07, 6.45) is 5.79. The summed E-state index contributed by atoms with van der Waals surface area (Å²) in [5.74, 6) is 0.111. The molecule has 3 heterocycles. The molecule has 0 bridgehead atoms. The van der Waals surface area contributed by atoms with E-state index in [1.807, 2.05) is 12.1 Å². The van der Waals surface area contributed by atoms with Crippen molar-refractivity contribution in [2.45, 2.75) is 12.5 Å². The van der Waals surface area contributed by atoms with E-state index in [-0.39, 0.29) is 11.7 Å². The number of aromatic amines is 1. The van der Waals surface area contributed by atoms with Crippen molar-refractivity contribution < 1.29 is 13.9 Å². The Balaban J connectivity index is 1.50. The largest absolute Gasteiger partial charge is 0.492 e. The van der Waals surface area contributed by atoms with Crippen molar-refractivity contribution in [3.05, 3.63) is 54.7 Å². The third kappa shape index (κ3) is 3.21. The van der Waals surface area contributed by atoms with Gasteiger partial charge in [0.05, 0.1) is 19.0 Å². The van der Waals surface area contributed by atoms with Crippen LogP contribution in [0.2, 0.25) is 0 Å². The Morgan fingerprint density at radius 1 is 1.26 bits per heavy atom. The number of pyridine rings is 1. The number of halogens is 1. The Morgan fingerprint density at radius 2 is 2.15 bits per heavy atom. The highest BCUT2D eigenvalue weighted by Gasteiger charge is 2.33. The highest BCUT2D eigenvalue weighted by Crippen LogP contribution is 2.30. The van der Waals surface area contributed by atoms with Crippen LogP contribution >= 0.6 is 0 Å². The van der Waals surface area contributed by atoms with E-state index in [2.05, 4.69) is 20.5 Å². The number of nitrogens with one attached hydrogen (secondary N) is 2. The second kappa shape index (κ2) is 7.06. The standard InChI is InChI=1S/C19H18FN5O2/c1-27-18-14(20)3-2-4-15(18)24-16-7-8-25(19(16)26)17-6-5-12(9-21-17)13-10-22-23-11-13/h2-6,9-11,16,24H,7-8H2,1H3,(H,22,23). The van der Waals surface area contributed by atoms with Gasteiger partial charge in [0.1, 0.15) is 11.9 Å². The van der Waals surface area contributed by atoms with Crippen LogP contribution in [0.5, 0.6) is 5.75 Å². The van der Waals surface area contributed by atoms with Gasteiger partial charge in [-0.25, -0.2) is 9.37 Å². The van der Waals surface area contributed by atoms with Gasteiger partial charge in [0.15, 0.2) is 11.6 Å². The zero-order valence-electron chi connectivity index (χ0n) is 14.6. The van der Waals surface area contributed by atoms with E-state index < -0.39 is 11.9 Å². The Bertz CT molecular complexity index is 943. The Morgan fingerprint density at radius 3 is 2.85 bits per heavy atom. The molecule has 138 valence electrons. The van der Waals surface area contributed by atoms with E-state index in [9.17, 15) is 9.18 Å². The SMILES string of the molecule is COc1c(F)cccc1NC1CCN(c2ccc(-c3cn[nH]c3)cn2)C1=O. The maximum atomic E-state index is 13.8. The molecule has 1 unspecified atom stereocenters. The van der Waals surface area contributed by atoms with Crippen LogP contribution in [0.4, 0.5) is 15.9 Å². The fraction of sp³-hybridized carbons (Fsp3) is 0.211. The summed E-state index contributed by atoms with van der Waals surface area (Å²) in [7, 11) is 1.40. The minimum absolute atomic E-state index is 0.103. The van der Waals surface area contributed by atoms with E-state index in [1.165, 1.54) is 13.2 Å². The van der Waals surface area contributed by atoms with Crippen molar-refractivity contribution >= 4 is 17.4 Å². The van der Waals surface area contributed by atoms with Gasteiger partial charge in [-0.3, -0.25) is 14.8 Å². The lowest BCUT2D eigenvalue weighted by molar-refractivity contribution is -0.117. The summed E-state index contributed by atoms with van der Waals surface area (Å²) in [5.41, 5.74) is 2.30. The first kappa shape index (κ1) is 17.0. The van der Waals surface area contributed by atoms with Crippen LogP contribution < -0.4 is 15.0 Å². The molecule has 1 fully saturated rings. The van der Waals surface area contributed by atoms with Crippen LogP contribution in [0.1, 0.15) is 6.42 Å². The van der Waals surface area contributed by atoms with Crippen LogP contribution in [0.25, 0.3) is 11.1 Å². The number of nitrogens with zero attached hydrogens (tertiary/aromatic N) is 3. The third-order valence-electron chi connectivity index (χ3n) is 4.56. The van der Waals surface area contributed by atoms with Crippen molar-refractivity contribution in [2.75, 3.05) is 23.9 Å². The number of para-hydroxylation sites is 1. The van der Waals surface area contributed by atoms with E-state index in [1.54, 1.807) is 35.6 Å². The molecule has 7 nitrogen and oxygen atoms in total. The number of rotatable bonds is 5. The van der Waals surface area contributed by atoms with Crippen molar-refractivity contribution in [1.82, 2.24) is 15.2 Å². The minimum Gasteiger partial charge on any atom is -0.492 e. The summed E-state index contributed by atoms with van der Waals surface area (Å²) in [6, 6.07) is 7.83. The number of methoxy groups -OCH3 is 1. The van der Waals surface area contributed by atoms with Gasteiger partial charge in [-0.15, -0.1) is 0 Å². The van der Waals surface area contributed by atoms with Crippen molar-refractivity contribution in [1.29, 1.82) is 0 Å². The van der Waals surface area contributed by atoms with Gasteiger partial charge >= 0.3 is 0 Å². The van der Waals surface area contributed by atoms with Gasteiger partial charge in [0.2, 0.25) is 0 Å². The van der Waals surface area contributed by atoms with Crippen LogP contribution in [-0.4, -0.2) is 40.8 Å². The molecule has 1 aliphatic heterocycles.